The van der Waals surface area contributed by atoms with Crippen LogP contribution in [0.15, 0.2) is 89.5 Å². The monoisotopic (exact) mass is 413 g/mol. The molecule has 0 fully saturated rings. The molecule has 1 heterocycles. The molecule has 1 amide bonds. The first-order chi connectivity index (χ1) is 15.0. The van der Waals surface area contributed by atoms with Crippen LogP contribution in [0.5, 0.6) is 5.75 Å². The Labute approximate surface area is 179 Å². The van der Waals surface area contributed by atoms with Gasteiger partial charge < -0.3 is 4.74 Å². The quantitative estimate of drug-likeness (QED) is 0.324. The lowest BCUT2D eigenvalue weighted by atomic mass is 10.1. The normalized spacial score (nSPS) is 14.6. The summed E-state index contributed by atoms with van der Waals surface area (Å²) in [5.41, 5.74) is 3.41. The van der Waals surface area contributed by atoms with E-state index in [1.807, 2.05) is 54.6 Å². The molecule has 154 valence electrons. The van der Waals surface area contributed by atoms with Gasteiger partial charge in [0.05, 0.1) is 21.9 Å². The Balaban J connectivity index is 1.54. The van der Waals surface area contributed by atoms with Crippen LogP contribution in [0.3, 0.4) is 0 Å². The molecule has 0 atom stereocenters. The number of carbonyl (C=O) groups excluding carboxylic acids is 1. The molecule has 0 unspecified atom stereocenters. The van der Waals surface area contributed by atoms with E-state index in [0.717, 1.165) is 11.1 Å². The highest BCUT2D eigenvalue weighted by Gasteiger charge is 2.28. The smallest absolute Gasteiger partial charge is 0.280 e. The maximum absolute atomic E-state index is 12.9. The van der Waals surface area contributed by atoms with E-state index >= 15 is 0 Å². The molecule has 7 nitrogen and oxygen atoms in total. The molecule has 0 saturated heterocycles. The molecule has 31 heavy (non-hydrogen) atoms. The predicted molar refractivity (Wildman–Crippen MR) is 119 cm³/mol. The molecule has 0 spiro atoms. The Hall–Kier alpha value is -4.26. The summed E-state index contributed by atoms with van der Waals surface area (Å²) >= 11 is 0. The molecule has 1 aliphatic rings. The van der Waals surface area contributed by atoms with E-state index in [-0.39, 0.29) is 18.2 Å². The van der Waals surface area contributed by atoms with E-state index < -0.39 is 4.92 Å². The molecule has 0 bridgehead atoms. The van der Waals surface area contributed by atoms with Crippen molar-refractivity contribution < 1.29 is 14.5 Å². The van der Waals surface area contributed by atoms with Crippen LogP contribution in [0.1, 0.15) is 18.1 Å². The number of para-hydroxylation sites is 2. The zero-order valence-electron chi connectivity index (χ0n) is 16.8. The van der Waals surface area contributed by atoms with Crippen molar-refractivity contribution in [3.05, 3.63) is 106 Å². The summed E-state index contributed by atoms with van der Waals surface area (Å²) in [4.78, 5) is 23.3. The second-order valence-electron chi connectivity index (χ2n) is 6.95. The van der Waals surface area contributed by atoms with Gasteiger partial charge in [0, 0.05) is 17.7 Å². The standard InChI is InChI=1S/C24H19N3O4/c1-17-22(24(28)26(25-17)20-8-3-2-4-9-20)15-19-7-5-6-10-23(19)31-16-18-11-13-21(14-12-18)27(29)30/h2-15H,16H2,1H3/b22-15+. The lowest BCUT2D eigenvalue weighted by molar-refractivity contribution is -0.384. The first-order valence-corrected chi connectivity index (χ1v) is 9.65. The first kappa shape index (κ1) is 20.0. The zero-order chi connectivity index (χ0) is 21.8. The van der Waals surface area contributed by atoms with Gasteiger partial charge in [-0.25, -0.2) is 0 Å². The summed E-state index contributed by atoms with van der Waals surface area (Å²) in [6, 6.07) is 22.9. The third-order valence-corrected chi connectivity index (χ3v) is 4.82. The molecular formula is C24H19N3O4. The van der Waals surface area contributed by atoms with E-state index in [1.54, 1.807) is 25.1 Å². The number of hydrogen-bond acceptors (Lipinski definition) is 5. The topological polar surface area (TPSA) is 85.0 Å². The highest BCUT2D eigenvalue weighted by molar-refractivity contribution is 6.32. The summed E-state index contributed by atoms with van der Waals surface area (Å²) in [6.07, 6.45) is 1.77. The van der Waals surface area contributed by atoms with Gasteiger partial charge in [-0.3, -0.25) is 14.9 Å². The van der Waals surface area contributed by atoms with E-state index in [0.29, 0.717) is 22.7 Å². The lowest BCUT2D eigenvalue weighted by Crippen LogP contribution is -2.21. The number of amides is 1. The molecule has 3 aromatic carbocycles. The van der Waals surface area contributed by atoms with Crippen LogP contribution in [0.4, 0.5) is 11.4 Å². The number of hydrogen-bond donors (Lipinski definition) is 0. The van der Waals surface area contributed by atoms with Crippen molar-refractivity contribution in [2.75, 3.05) is 5.01 Å². The molecule has 7 heteroatoms. The number of rotatable bonds is 6. The number of benzene rings is 3. The molecule has 0 N–H and O–H groups in total. The number of nitro benzene ring substituents is 1. The van der Waals surface area contributed by atoms with Crippen LogP contribution >= 0.6 is 0 Å². The number of non-ortho nitro benzene ring substituents is 1. The number of nitrogens with zero attached hydrogens (tertiary/aromatic N) is 3. The van der Waals surface area contributed by atoms with Gasteiger partial charge in [-0.05, 0) is 48.9 Å². The van der Waals surface area contributed by atoms with Crippen molar-refractivity contribution >= 4 is 29.1 Å². The zero-order valence-corrected chi connectivity index (χ0v) is 16.8. The van der Waals surface area contributed by atoms with Crippen LogP contribution in [0, 0.1) is 10.1 Å². The minimum absolute atomic E-state index is 0.0337. The third-order valence-electron chi connectivity index (χ3n) is 4.82. The summed E-state index contributed by atoms with van der Waals surface area (Å²) in [6.45, 7) is 2.04. The summed E-state index contributed by atoms with van der Waals surface area (Å²) in [5, 5.41) is 16.6. The van der Waals surface area contributed by atoms with Crippen LogP contribution in [-0.4, -0.2) is 16.5 Å². The largest absolute Gasteiger partial charge is 0.488 e. The molecule has 0 saturated carbocycles. The van der Waals surface area contributed by atoms with Crippen molar-refractivity contribution in [3.8, 4) is 5.75 Å². The Morgan fingerprint density at radius 2 is 1.68 bits per heavy atom. The van der Waals surface area contributed by atoms with E-state index in [4.69, 9.17) is 4.74 Å². The Kier molecular flexibility index (Phi) is 5.57. The molecule has 0 radical (unpaired) electrons. The van der Waals surface area contributed by atoms with Gasteiger partial charge in [0.2, 0.25) is 0 Å². The molecule has 3 aromatic rings. The highest BCUT2D eigenvalue weighted by Crippen LogP contribution is 2.28. The summed E-state index contributed by atoms with van der Waals surface area (Å²) in [5.74, 6) is 0.404. The van der Waals surface area contributed by atoms with Gasteiger partial charge >= 0.3 is 0 Å². The molecule has 0 aliphatic carbocycles. The lowest BCUT2D eigenvalue weighted by Gasteiger charge is -2.12. The fraction of sp³-hybridized carbons (Fsp3) is 0.0833. The van der Waals surface area contributed by atoms with Gasteiger partial charge in [0.15, 0.2) is 0 Å². The SMILES string of the molecule is CC1=NN(c2ccccc2)C(=O)/C1=C/c1ccccc1OCc1ccc([N+](=O)[O-])cc1. The van der Waals surface area contributed by atoms with Crippen molar-refractivity contribution in [1.82, 2.24) is 0 Å². The van der Waals surface area contributed by atoms with Crippen molar-refractivity contribution in [2.24, 2.45) is 5.10 Å². The maximum atomic E-state index is 12.9. The van der Waals surface area contributed by atoms with Crippen LogP contribution in [0.25, 0.3) is 6.08 Å². The fourth-order valence-electron chi connectivity index (χ4n) is 3.19. The highest BCUT2D eigenvalue weighted by atomic mass is 16.6. The van der Waals surface area contributed by atoms with Gasteiger partial charge in [-0.2, -0.15) is 10.1 Å². The van der Waals surface area contributed by atoms with Crippen LogP contribution in [0.2, 0.25) is 0 Å². The van der Waals surface area contributed by atoms with Gasteiger partial charge in [-0.1, -0.05) is 36.4 Å². The van der Waals surface area contributed by atoms with E-state index in [2.05, 4.69) is 5.10 Å². The fourth-order valence-corrected chi connectivity index (χ4v) is 3.19. The average Bonchev–Trinajstić information content (AvgIpc) is 3.07. The summed E-state index contributed by atoms with van der Waals surface area (Å²) in [7, 11) is 0. The van der Waals surface area contributed by atoms with Crippen molar-refractivity contribution in [3.63, 3.8) is 0 Å². The Bertz CT molecular complexity index is 1180. The number of ether oxygens (including phenoxy) is 1. The van der Waals surface area contributed by atoms with E-state index in [1.165, 1.54) is 17.1 Å². The molecule has 0 aromatic heterocycles. The average molecular weight is 413 g/mol. The molecule has 4 rings (SSSR count). The number of nitro groups is 1. The van der Waals surface area contributed by atoms with Gasteiger partial charge in [-0.15, -0.1) is 0 Å². The second kappa shape index (κ2) is 8.62. The van der Waals surface area contributed by atoms with Crippen LogP contribution in [-0.2, 0) is 11.4 Å². The number of carbonyl (C=O) groups is 1. The minimum Gasteiger partial charge on any atom is -0.488 e. The third kappa shape index (κ3) is 4.35. The van der Waals surface area contributed by atoms with Crippen LogP contribution < -0.4 is 9.75 Å². The maximum Gasteiger partial charge on any atom is 0.280 e. The second-order valence-corrected chi connectivity index (χ2v) is 6.95. The molecular weight excluding hydrogens is 394 g/mol. The number of anilines is 1. The van der Waals surface area contributed by atoms with Gasteiger partial charge in [0.1, 0.15) is 12.4 Å². The Morgan fingerprint density at radius 3 is 2.39 bits per heavy atom. The summed E-state index contributed by atoms with van der Waals surface area (Å²) < 4.78 is 5.94. The first-order valence-electron chi connectivity index (χ1n) is 9.65. The van der Waals surface area contributed by atoms with E-state index in [9.17, 15) is 14.9 Å². The molecule has 1 aliphatic heterocycles. The Morgan fingerprint density at radius 1 is 1.00 bits per heavy atom. The minimum atomic E-state index is -0.437. The van der Waals surface area contributed by atoms with Gasteiger partial charge in [0.25, 0.3) is 11.6 Å². The van der Waals surface area contributed by atoms with Crippen molar-refractivity contribution in [2.45, 2.75) is 13.5 Å². The number of hydrazone groups is 1. The van der Waals surface area contributed by atoms with Crippen molar-refractivity contribution in [1.29, 1.82) is 0 Å². The predicted octanol–water partition coefficient (Wildman–Crippen LogP) is 4.98.